The van der Waals surface area contributed by atoms with Gasteiger partial charge in [0.15, 0.2) is 0 Å². The van der Waals surface area contributed by atoms with E-state index in [2.05, 4.69) is 180 Å². The third-order valence-electron chi connectivity index (χ3n) is 13.2. The summed E-state index contributed by atoms with van der Waals surface area (Å²) >= 11 is 0. The lowest BCUT2D eigenvalue weighted by atomic mass is 10.2. The van der Waals surface area contributed by atoms with Crippen molar-refractivity contribution in [1.82, 2.24) is 100 Å². The van der Waals surface area contributed by atoms with E-state index >= 15 is 0 Å². The second-order valence-electron chi connectivity index (χ2n) is 22.1. The van der Waals surface area contributed by atoms with Crippen molar-refractivity contribution in [2.75, 3.05) is 0 Å². The Labute approximate surface area is 571 Å². The summed E-state index contributed by atoms with van der Waals surface area (Å²) < 4.78 is 0. The van der Waals surface area contributed by atoms with Crippen molar-refractivity contribution >= 4 is 0 Å². The van der Waals surface area contributed by atoms with Gasteiger partial charge in [-0.1, -0.05) is 24.3 Å². The van der Waals surface area contributed by atoms with E-state index in [9.17, 15) is 0 Å². The molecule has 0 fully saturated rings. The van der Waals surface area contributed by atoms with E-state index in [4.69, 9.17) is 0 Å². The zero-order valence-electron chi connectivity index (χ0n) is 61.1. The van der Waals surface area contributed by atoms with E-state index < -0.39 is 0 Å². The maximum atomic E-state index is 4.08. The molecule has 20 heteroatoms. The van der Waals surface area contributed by atoms with Crippen molar-refractivity contribution in [3.8, 4) is 0 Å². The molecule has 0 radical (unpaired) electrons. The first kappa shape index (κ1) is 83.3. The maximum Gasteiger partial charge on any atom is 0.147 e. The van der Waals surface area contributed by atoms with E-state index in [0.717, 1.165) is 85.7 Å². The molecule has 0 aliphatic heterocycles. The SMILES string of the molecule is Cc1cccnc1C.Cc1cccnc1C.Cc1cccnc1C.Cc1cccnc1C.Cc1ccncc1C.Cc1ccncc1C.Cc1ccnnc1C.Cc1cnc(C)cn1.Cc1cnc(C)nc1.Cc1cnc(C)nc1.Cc1cnc(C)nn1.Cc1cnc(C)nn1. The zero-order chi connectivity index (χ0) is 71.8. The first-order chi connectivity index (χ1) is 45.6. The summed E-state index contributed by atoms with van der Waals surface area (Å²) in [5.41, 5.74) is 22.7. The van der Waals surface area contributed by atoms with Gasteiger partial charge in [0.05, 0.1) is 40.9 Å². The molecule has 0 atom stereocenters. The summed E-state index contributed by atoms with van der Waals surface area (Å²) in [5, 5.41) is 22.5. The Balaban J connectivity index is 0.000000524. The van der Waals surface area contributed by atoms with Gasteiger partial charge < -0.3 is 0 Å². The number of pyridine rings is 6. The molecule has 12 aromatic rings. The molecule has 0 amide bonds. The van der Waals surface area contributed by atoms with Crippen LogP contribution >= 0.6 is 0 Å². The second-order valence-corrected chi connectivity index (χ2v) is 22.1. The minimum absolute atomic E-state index is 0.718. The molecule has 504 valence electrons. The van der Waals surface area contributed by atoms with Crippen molar-refractivity contribution in [1.29, 1.82) is 0 Å². The van der Waals surface area contributed by atoms with Crippen LogP contribution in [-0.2, 0) is 0 Å². The van der Waals surface area contributed by atoms with Gasteiger partial charge in [-0.15, -0.1) is 10.2 Å². The van der Waals surface area contributed by atoms with E-state index in [0.29, 0.717) is 0 Å². The normalized spacial score (nSPS) is 9.25. The highest BCUT2D eigenvalue weighted by Gasteiger charge is 1.92. The summed E-state index contributed by atoms with van der Waals surface area (Å²) in [5.74, 6) is 3.09. The Morgan fingerprint density at radius 2 is 0.469 bits per heavy atom. The van der Waals surface area contributed by atoms with E-state index in [-0.39, 0.29) is 0 Å². The van der Waals surface area contributed by atoms with Crippen molar-refractivity contribution in [2.24, 2.45) is 0 Å². The molecule has 0 aliphatic rings. The Morgan fingerprint density at radius 1 is 0.188 bits per heavy atom. The molecule has 0 saturated carbocycles. The summed E-state index contributed by atoms with van der Waals surface area (Å²) in [6.45, 7) is 47.4. The number of aromatic nitrogens is 20. The molecular weight excluding hydrogens is 1190 g/mol. The Kier molecular flexibility index (Phi) is 42.4. The van der Waals surface area contributed by atoms with Gasteiger partial charge in [-0.3, -0.25) is 39.9 Å². The van der Waals surface area contributed by atoms with Gasteiger partial charge in [-0.2, -0.15) is 20.4 Å². The quantitative estimate of drug-likeness (QED) is 0.137. The first-order valence-electron chi connectivity index (χ1n) is 31.1. The monoisotopic (exact) mass is 1290 g/mol. The Morgan fingerprint density at radius 3 is 0.646 bits per heavy atom. The van der Waals surface area contributed by atoms with Crippen LogP contribution in [0.15, 0.2) is 172 Å². The Hall–Kier alpha value is -10.8. The highest BCUT2D eigenvalue weighted by atomic mass is 15.2. The van der Waals surface area contributed by atoms with Gasteiger partial charge in [0.1, 0.15) is 23.3 Å². The van der Waals surface area contributed by atoms with Crippen LogP contribution in [0.25, 0.3) is 0 Å². The van der Waals surface area contributed by atoms with Crippen molar-refractivity contribution in [3.63, 3.8) is 0 Å². The van der Waals surface area contributed by atoms with Gasteiger partial charge >= 0.3 is 0 Å². The van der Waals surface area contributed by atoms with Crippen LogP contribution in [0, 0.1) is 166 Å². The maximum absolute atomic E-state index is 4.08. The highest BCUT2D eigenvalue weighted by Crippen LogP contribution is 2.04. The van der Waals surface area contributed by atoms with Gasteiger partial charge in [0, 0.05) is 116 Å². The van der Waals surface area contributed by atoms with E-state index in [1.54, 1.807) is 31.0 Å². The number of hydrogen-bond acceptors (Lipinski definition) is 20. The molecule has 0 aliphatic carbocycles. The second kappa shape index (κ2) is 48.9. The largest absolute Gasteiger partial charge is 0.264 e. The van der Waals surface area contributed by atoms with Gasteiger partial charge in [-0.25, -0.2) is 29.9 Å². The van der Waals surface area contributed by atoms with Crippen molar-refractivity contribution in [3.05, 3.63) is 308 Å². The summed E-state index contributed by atoms with van der Waals surface area (Å²) in [6, 6.07) is 22.0. The number of hydrogen-bond donors (Lipinski definition) is 0. The van der Waals surface area contributed by atoms with Crippen molar-refractivity contribution in [2.45, 2.75) is 166 Å². The van der Waals surface area contributed by atoms with Gasteiger partial charge in [0.2, 0.25) is 0 Å². The molecule has 96 heavy (non-hydrogen) atoms. The van der Waals surface area contributed by atoms with E-state index in [1.807, 2.05) is 228 Å². The third-order valence-corrected chi connectivity index (χ3v) is 13.2. The summed E-state index contributed by atoms with van der Waals surface area (Å²) in [4.78, 5) is 55.9. The predicted octanol–water partition coefficient (Wildman–Crippen LogP) is 15.5. The van der Waals surface area contributed by atoms with Crippen LogP contribution in [0.2, 0.25) is 0 Å². The molecule has 0 spiro atoms. The molecule has 0 bridgehead atoms. The molecule has 0 saturated heterocycles. The molecule has 0 unspecified atom stereocenters. The topological polar surface area (TPSA) is 258 Å². The van der Waals surface area contributed by atoms with Crippen LogP contribution in [0.5, 0.6) is 0 Å². The van der Waals surface area contributed by atoms with Crippen LogP contribution in [0.3, 0.4) is 0 Å². The molecule has 0 aromatic carbocycles. The first-order valence-corrected chi connectivity index (χ1v) is 31.1. The van der Waals surface area contributed by atoms with Gasteiger partial charge in [0.25, 0.3) is 0 Å². The lowest BCUT2D eigenvalue weighted by molar-refractivity contribution is 0.874. The molecule has 12 rings (SSSR count). The smallest absolute Gasteiger partial charge is 0.147 e. The Bertz CT molecular complexity index is 3050. The lowest BCUT2D eigenvalue weighted by Crippen LogP contribution is -1.91. The molecular formula is C76H100N20. The molecule has 20 nitrogen and oxygen atoms in total. The summed E-state index contributed by atoms with van der Waals surface area (Å²) in [6.07, 6.45) is 30.4. The fourth-order valence-electron chi connectivity index (χ4n) is 5.96. The molecule has 12 aromatic heterocycles. The average molecular weight is 1290 g/mol. The minimum Gasteiger partial charge on any atom is -0.264 e. The zero-order valence-corrected chi connectivity index (χ0v) is 61.1. The summed E-state index contributed by atoms with van der Waals surface area (Å²) in [7, 11) is 0. The van der Waals surface area contributed by atoms with E-state index in [1.165, 1.54) is 50.1 Å². The fraction of sp³-hybridized carbons (Fsp3) is 0.316. The molecule has 12 heterocycles. The minimum atomic E-state index is 0.718. The van der Waals surface area contributed by atoms with Crippen LogP contribution in [0.1, 0.15) is 136 Å². The average Bonchev–Trinajstić information content (AvgIpc) is 3.74. The third kappa shape index (κ3) is 41.7. The predicted molar refractivity (Wildman–Crippen MR) is 387 cm³/mol. The van der Waals surface area contributed by atoms with Crippen LogP contribution in [-0.4, -0.2) is 100 Å². The fourth-order valence-corrected chi connectivity index (χ4v) is 5.96. The highest BCUT2D eigenvalue weighted by molar-refractivity contribution is 5.21. The lowest BCUT2D eigenvalue weighted by Gasteiger charge is -1.92. The standard InChI is InChI=1S/6C7H9N.4C6H8N2.2C5H7N3/c2*1-6-3-4-8-5-7(6)2;4*1-6-4-3-5-8-7(6)2;1-5-3-8-6(2)4-7-5;2*1-5-3-7-6(2)8-4-5;1-5-3-4-7-8-6(5)2;2*1-4-3-6-5(2)8-7-4/h6*3-5H,1-2H3;4*3-4H,1-2H3;2*3H,1-2H3. The van der Waals surface area contributed by atoms with Crippen LogP contribution in [0.4, 0.5) is 0 Å². The number of rotatable bonds is 0. The van der Waals surface area contributed by atoms with Crippen molar-refractivity contribution < 1.29 is 0 Å². The van der Waals surface area contributed by atoms with Gasteiger partial charge in [-0.05, 0) is 270 Å². The molecule has 0 N–H and O–H groups in total. The number of aryl methyl sites for hydroxylation is 24. The van der Waals surface area contributed by atoms with Crippen LogP contribution < -0.4 is 0 Å². The number of nitrogens with zero attached hydrogens (tertiary/aromatic N) is 20.